The van der Waals surface area contributed by atoms with E-state index in [1.54, 1.807) is 0 Å². The molecular weight excluding hydrogens is 208 g/mol. The quantitative estimate of drug-likeness (QED) is 0.813. The van der Waals surface area contributed by atoms with E-state index in [0.29, 0.717) is 0 Å². The van der Waals surface area contributed by atoms with Crippen molar-refractivity contribution in [1.82, 2.24) is 10.2 Å². The van der Waals surface area contributed by atoms with Crippen LogP contribution in [0.3, 0.4) is 0 Å². The molecule has 0 bridgehead atoms. The highest BCUT2D eigenvalue weighted by Crippen LogP contribution is 2.26. The van der Waals surface area contributed by atoms with Crippen molar-refractivity contribution >= 4 is 0 Å². The second-order valence-corrected chi connectivity index (χ2v) is 6.56. The molecule has 0 aromatic rings. The van der Waals surface area contributed by atoms with Crippen LogP contribution in [-0.2, 0) is 0 Å². The van der Waals surface area contributed by atoms with Gasteiger partial charge in [0, 0.05) is 12.1 Å². The molecule has 2 aliphatic rings. The van der Waals surface area contributed by atoms with Gasteiger partial charge in [0.25, 0.3) is 0 Å². The van der Waals surface area contributed by atoms with Gasteiger partial charge < -0.3 is 10.2 Å². The maximum Gasteiger partial charge on any atom is 0.00721 e. The Morgan fingerprint density at radius 3 is 2.47 bits per heavy atom. The fourth-order valence-corrected chi connectivity index (χ4v) is 3.62. The Bertz CT molecular complexity index is 221. The largest absolute Gasteiger partial charge is 0.311 e. The standard InChI is InChI=1S/C15H30N2/c1-12-5-4-6-15(11-12)16-13(2)14-7-9-17(3)10-8-14/h12-16H,4-11H2,1-3H3. The van der Waals surface area contributed by atoms with Crippen molar-refractivity contribution in [1.29, 1.82) is 0 Å². The summed E-state index contributed by atoms with van der Waals surface area (Å²) in [4.78, 5) is 2.46. The maximum absolute atomic E-state index is 3.92. The number of rotatable bonds is 3. The first kappa shape index (κ1) is 13.4. The van der Waals surface area contributed by atoms with Gasteiger partial charge in [0.2, 0.25) is 0 Å². The zero-order valence-corrected chi connectivity index (χ0v) is 11.9. The Hall–Kier alpha value is -0.0800. The summed E-state index contributed by atoms with van der Waals surface area (Å²) >= 11 is 0. The zero-order chi connectivity index (χ0) is 12.3. The Balaban J connectivity index is 1.74. The van der Waals surface area contributed by atoms with Gasteiger partial charge in [-0.25, -0.2) is 0 Å². The summed E-state index contributed by atoms with van der Waals surface area (Å²) in [6.45, 7) is 7.40. The minimum absolute atomic E-state index is 0.721. The third kappa shape index (κ3) is 3.96. The fourth-order valence-electron chi connectivity index (χ4n) is 3.62. The average molecular weight is 238 g/mol. The molecule has 17 heavy (non-hydrogen) atoms. The average Bonchev–Trinajstić information content (AvgIpc) is 2.29. The molecule has 2 heteroatoms. The molecule has 0 amide bonds. The van der Waals surface area contributed by atoms with E-state index in [2.05, 4.69) is 31.1 Å². The van der Waals surface area contributed by atoms with Crippen LogP contribution in [0.5, 0.6) is 0 Å². The van der Waals surface area contributed by atoms with Crippen molar-refractivity contribution < 1.29 is 0 Å². The summed E-state index contributed by atoms with van der Waals surface area (Å²) in [5.41, 5.74) is 0. The van der Waals surface area contributed by atoms with Gasteiger partial charge in [-0.3, -0.25) is 0 Å². The smallest absolute Gasteiger partial charge is 0.00721 e. The van der Waals surface area contributed by atoms with Crippen LogP contribution < -0.4 is 5.32 Å². The lowest BCUT2D eigenvalue weighted by Gasteiger charge is -2.37. The molecule has 1 aliphatic carbocycles. The van der Waals surface area contributed by atoms with Crippen LogP contribution in [0.1, 0.15) is 52.4 Å². The lowest BCUT2D eigenvalue weighted by Crippen LogP contribution is -2.46. The van der Waals surface area contributed by atoms with E-state index < -0.39 is 0 Å². The zero-order valence-electron chi connectivity index (χ0n) is 11.9. The third-order valence-electron chi connectivity index (χ3n) is 4.91. The Morgan fingerprint density at radius 1 is 1.12 bits per heavy atom. The van der Waals surface area contributed by atoms with Gasteiger partial charge in [0.15, 0.2) is 0 Å². The highest BCUT2D eigenvalue weighted by Gasteiger charge is 2.26. The van der Waals surface area contributed by atoms with E-state index in [9.17, 15) is 0 Å². The van der Waals surface area contributed by atoms with Gasteiger partial charge in [-0.1, -0.05) is 19.8 Å². The van der Waals surface area contributed by atoms with Crippen LogP contribution in [-0.4, -0.2) is 37.1 Å². The fraction of sp³-hybridized carbons (Fsp3) is 1.00. The van der Waals surface area contributed by atoms with Crippen LogP contribution in [0.2, 0.25) is 0 Å². The topological polar surface area (TPSA) is 15.3 Å². The second-order valence-electron chi connectivity index (χ2n) is 6.56. The molecule has 1 N–H and O–H groups in total. The first-order valence-electron chi connectivity index (χ1n) is 7.59. The maximum atomic E-state index is 3.92. The van der Waals surface area contributed by atoms with Crippen molar-refractivity contribution in [3.63, 3.8) is 0 Å². The van der Waals surface area contributed by atoms with Crippen LogP contribution in [0.25, 0.3) is 0 Å². The molecule has 100 valence electrons. The van der Waals surface area contributed by atoms with E-state index in [4.69, 9.17) is 0 Å². The molecule has 3 unspecified atom stereocenters. The van der Waals surface area contributed by atoms with Gasteiger partial charge in [-0.05, 0) is 64.6 Å². The van der Waals surface area contributed by atoms with E-state index in [1.165, 1.54) is 51.6 Å². The number of hydrogen-bond acceptors (Lipinski definition) is 2. The minimum Gasteiger partial charge on any atom is -0.311 e. The van der Waals surface area contributed by atoms with E-state index >= 15 is 0 Å². The third-order valence-corrected chi connectivity index (χ3v) is 4.91. The van der Waals surface area contributed by atoms with E-state index in [0.717, 1.165) is 23.9 Å². The molecular formula is C15H30N2. The molecule has 2 rings (SSSR count). The van der Waals surface area contributed by atoms with Gasteiger partial charge in [0.1, 0.15) is 0 Å². The Kier molecular flexibility index (Phi) is 4.87. The SMILES string of the molecule is CC1CCCC(NC(C)C2CCN(C)CC2)C1. The van der Waals surface area contributed by atoms with Gasteiger partial charge in [0.05, 0.1) is 0 Å². The Morgan fingerprint density at radius 2 is 1.82 bits per heavy atom. The van der Waals surface area contributed by atoms with Crippen LogP contribution in [0, 0.1) is 11.8 Å². The highest BCUT2D eigenvalue weighted by atomic mass is 15.1. The summed E-state index contributed by atoms with van der Waals surface area (Å²) in [6.07, 6.45) is 8.44. The summed E-state index contributed by atoms with van der Waals surface area (Å²) < 4.78 is 0. The van der Waals surface area contributed by atoms with Crippen LogP contribution >= 0.6 is 0 Å². The van der Waals surface area contributed by atoms with Gasteiger partial charge in [-0.2, -0.15) is 0 Å². The predicted molar refractivity (Wildman–Crippen MR) is 74.2 cm³/mol. The number of nitrogens with zero attached hydrogens (tertiary/aromatic N) is 1. The van der Waals surface area contributed by atoms with Crippen molar-refractivity contribution in [2.24, 2.45) is 11.8 Å². The van der Waals surface area contributed by atoms with Gasteiger partial charge >= 0.3 is 0 Å². The van der Waals surface area contributed by atoms with Crippen LogP contribution in [0.4, 0.5) is 0 Å². The molecule has 0 radical (unpaired) electrons. The van der Waals surface area contributed by atoms with Crippen molar-refractivity contribution in [2.75, 3.05) is 20.1 Å². The van der Waals surface area contributed by atoms with Crippen molar-refractivity contribution in [2.45, 2.75) is 64.5 Å². The lowest BCUT2D eigenvalue weighted by molar-refractivity contribution is 0.173. The van der Waals surface area contributed by atoms with E-state index in [1.807, 2.05) is 0 Å². The molecule has 3 atom stereocenters. The molecule has 0 aromatic heterocycles. The molecule has 2 fully saturated rings. The molecule has 2 nitrogen and oxygen atoms in total. The molecule has 1 heterocycles. The van der Waals surface area contributed by atoms with Gasteiger partial charge in [-0.15, -0.1) is 0 Å². The Labute approximate surface area is 107 Å². The molecule has 1 saturated carbocycles. The number of nitrogens with one attached hydrogen (secondary N) is 1. The van der Waals surface area contributed by atoms with Crippen molar-refractivity contribution in [3.05, 3.63) is 0 Å². The molecule has 0 aromatic carbocycles. The summed E-state index contributed by atoms with van der Waals surface area (Å²) in [5.74, 6) is 1.84. The molecule has 0 spiro atoms. The number of likely N-dealkylation sites (tertiary alicyclic amines) is 1. The number of piperidine rings is 1. The van der Waals surface area contributed by atoms with E-state index in [-0.39, 0.29) is 0 Å². The number of hydrogen-bond donors (Lipinski definition) is 1. The van der Waals surface area contributed by atoms with Crippen molar-refractivity contribution in [3.8, 4) is 0 Å². The highest BCUT2D eigenvalue weighted by molar-refractivity contribution is 4.83. The second kappa shape index (κ2) is 6.19. The first-order valence-corrected chi connectivity index (χ1v) is 7.59. The minimum atomic E-state index is 0.721. The molecule has 1 aliphatic heterocycles. The predicted octanol–water partition coefficient (Wildman–Crippen LogP) is 2.89. The summed E-state index contributed by atoms with van der Waals surface area (Å²) in [7, 11) is 2.25. The first-order chi connectivity index (χ1) is 8.15. The monoisotopic (exact) mass is 238 g/mol. The normalized spacial score (nSPS) is 34.8. The lowest BCUT2D eigenvalue weighted by atomic mass is 9.85. The van der Waals surface area contributed by atoms with Crippen LogP contribution in [0.15, 0.2) is 0 Å². The summed E-state index contributed by atoms with van der Waals surface area (Å²) in [6, 6.07) is 1.52. The molecule has 1 saturated heterocycles. The summed E-state index contributed by atoms with van der Waals surface area (Å²) in [5, 5.41) is 3.92.